The van der Waals surface area contributed by atoms with Gasteiger partial charge in [-0.25, -0.2) is 9.59 Å². The smallest absolute Gasteiger partial charge is 0.362 e. The van der Waals surface area contributed by atoms with E-state index in [9.17, 15) is 19.8 Å². The third kappa shape index (κ3) is 6.75. The molecule has 7 rings (SSSR count). The first-order valence-electron chi connectivity index (χ1n) is 22.2. The highest BCUT2D eigenvalue weighted by molar-refractivity contribution is 5.71. The summed E-state index contributed by atoms with van der Waals surface area (Å²) in [6.07, 6.45) is 14.1. The summed E-state index contributed by atoms with van der Waals surface area (Å²) in [5.41, 5.74) is 1.89. The Labute approximate surface area is 328 Å². The molecule has 8 heteroatoms. The van der Waals surface area contributed by atoms with Crippen LogP contribution in [0.15, 0.2) is 12.2 Å². The van der Waals surface area contributed by atoms with Crippen molar-refractivity contribution in [2.75, 3.05) is 60.0 Å². The van der Waals surface area contributed by atoms with Crippen LogP contribution in [-0.4, -0.2) is 109 Å². The Kier molecular flexibility index (Phi) is 10.6. The fourth-order valence-electron chi connectivity index (χ4n) is 15.5. The van der Waals surface area contributed by atoms with Gasteiger partial charge in [-0.15, -0.1) is 0 Å². The van der Waals surface area contributed by atoms with Crippen molar-refractivity contribution < 1.29 is 38.2 Å². The van der Waals surface area contributed by atoms with Crippen LogP contribution in [-0.2, 0) is 19.1 Å². The summed E-state index contributed by atoms with van der Waals surface area (Å²) >= 11 is 0. The van der Waals surface area contributed by atoms with Gasteiger partial charge in [0, 0.05) is 36.5 Å². The molecule has 2 N–H and O–H groups in total. The van der Waals surface area contributed by atoms with Gasteiger partial charge in [0.1, 0.15) is 6.10 Å². The lowest BCUT2D eigenvalue weighted by Gasteiger charge is -2.73. The quantitative estimate of drug-likeness (QED) is 0.154. The zero-order valence-corrected chi connectivity index (χ0v) is 35.6. The number of piperidine rings is 2. The largest absolute Gasteiger partial charge is 0.461 e. The Morgan fingerprint density at radius 2 is 1.28 bits per heavy atom. The highest BCUT2D eigenvalue weighted by atomic mass is 16.5. The lowest BCUT2D eigenvalue weighted by molar-refractivity contribution is -0.908. The maximum absolute atomic E-state index is 13.5. The number of allylic oxidation sites excluding steroid dienone is 1. The molecule has 5 saturated carbocycles. The lowest BCUT2D eigenvalue weighted by Crippen LogP contribution is -2.67. The van der Waals surface area contributed by atoms with Crippen LogP contribution in [0.2, 0.25) is 0 Å². The molecule has 0 radical (unpaired) electrons. The van der Waals surface area contributed by atoms with Crippen molar-refractivity contribution >= 4 is 11.9 Å². The Hall–Kier alpha value is -1.48. The van der Waals surface area contributed by atoms with Crippen LogP contribution in [0.3, 0.4) is 0 Å². The molecule has 7 fully saturated rings. The molecule has 0 bridgehead atoms. The van der Waals surface area contributed by atoms with E-state index < -0.39 is 0 Å². The van der Waals surface area contributed by atoms with Gasteiger partial charge in [0.25, 0.3) is 0 Å². The van der Waals surface area contributed by atoms with Crippen molar-refractivity contribution in [2.45, 2.75) is 150 Å². The molecule has 2 heterocycles. The second kappa shape index (κ2) is 14.1. The summed E-state index contributed by atoms with van der Waals surface area (Å²) in [5, 5.41) is 20.1. The van der Waals surface area contributed by atoms with E-state index in [0.717, 1.165) is 84.0 Å². The number of nitrogens with zero attached hydrogens (tertiary/aromatic N) is 2. The number of quaternary nitrogens is 2. The van der Waals surface area contributed by atoms with E-state index in [1.807, 2.05) is 0 Å². The van der Waals surface area contributed by atoms with Crippen molar-refractivity contribution in [3.05, 3.63) is 12.2 Å². The minimum atomic E-state index is -0.237. The highest BCUT2D eigenvalue weighted by Gasteiger charge is 2.71. The number of esters is 2. The van der Waals surface area contributed by atoms with Gasteiger partial charge in [-0.3, -0.25) is 0 Å². The average molecular weight is 755 g/mol. The second-order valence-electron chi connectivity index (χ2n) is 22.5. The van der Waals surface area contributed by atoms with Crippen molar-refractivity contribution in [1.29, 1.82) is 0 Å². The van der Waals surface area contributed by atoms with Crippen molar-refractivity contribution in [3.8, 4) is 0 Å². The van der Waals surface area contributed by atoms with Crippen molar-refractivity contribution in [1.82, 2.24) is 0 Å². The normalized spacial score (nSPS) is 49.7. The Morgan fingerprint density at radius 1 is 0.685 bits per heavy atom. The third-order valence-corrected chi connectivity index (χ3v) is 19.0. The second-order valence-corrected chi connectivity index (χ2v) is 22.5. The first-order chi connectivity index (χ1) is 25.2. The molecule has 0 aromatic heterocycles. The molecule has 2 aliphatic heterocycles. The molecule has 5 unspecified atom stereocenters. The Balaban J connectivity index is 1.07. The topological polar surface area (TPSA) is 93.1 Å². The molecular formula is C46H78N2O6+2. The fraction of sp³-hybridized carbons (Fsp3) is 0.913. The van der Waals surface area contributed by atoms with E-state index >= 15 is 0 Å². The molecule has 0 spiro atoms. The molecule has 5 aliphatic carbocycles. The predicted molar refractivity (Wildman–Crippen MR) is 212 cm³/mol. The van der Waals surface area contributed by atoms with Crippen LogP contribution in [0.5, 0.6) is 0 Å². The van der Waals surface area contributed by atoms with Crippen LogP contribution in [0.25, 0.3) is 0 Å². The van der Waals surface area contributed by atoms with E-state index in [2.05, 4.69) is 62.2 Å². The number of carbonyl (C=O) groups is 2. The third-order valence-electron chi connectivity index (χ3n) is 19.0. The first kappa shape index (κ1) is 40.7. The molecule has 306 valence electrons. The fourth-order valence-corrected chi connectivity index (χ4v) is 15.5. The number of ether oxygens (including phenoxy) is 2. The van der Waals surface area contributed by atoms with Gasteiger partial charge in [0.05, 0.1) is 59.1 Å². The maximum atomic E-state index is 13.5. The Morgan fingerprint density at radius 3 is 1.87 bits per heavy atom. The van der Waals surface area contributed by atoms with Crippen LogP contribution in [0, 0.1) is 56.7 Å². The van der Waals surface area contributed by atoms with Gasteiger partial charge in [0.2, 0.25) is 0 Å². The zero-order valence-electron chi connectivity index (χ0n) is 35.6. The number of hydrogen-bond donors (Lipinski definition) is 2. The van der Waals surface area contributed by atoms with Gasteiger partial charge >= 0.3 is 11.9 Å². The van der Waals surface area contributed by atoms with E-state index in [0.29, 0.717) is 58.3 Å². The molecule has 2 saturated heterocycles. The molecule has 0 amide bonds. The van der Waals surface area contributed by atoms with Gasteiger partial charge in [-0.05, 0) is 117 Å². The molecule has 7 aliphatic rings. The number of aliphatic hydroxyl groups excluding tert-OH is 2. The summed E-state index contributed by atoms with van der Waals surface area (Å²) < 4.78 is 14.2. The first-order valence-corrected chi connectivity index (χ1v) is 22.2. The minimum Gasteiger partial charge on any atom is -0.461 e. The highest BCUT2D eigenvalue weighted by Crippen LogP contribution is 2.77. The number of fused-ring (bicyclic) bond motifs is 7. The summed E-state index contributed by atoms with van der Waals surface area (Å²) in [6, 6.07) is 0. The maximum Gasteiger partial charge on any atom is 0.362 e. The van der Waals surface area contributed by atoms with Gasteiger partial charge < -0.3 is 28.7 Å². The molecule has 0 aromatic carbocycles. The average Bonchev–Trinajstić information content (AvgIpc) is 3.49. The number of hydrogen-bond acceptors (Lipinski definition) is 6. The summed E-state index contributed by atoms with van der Waals surface area (Å²) in [4.78, 5) is 27.0. The van der Waals surface area contributed by atoms with Crippen LogP contribution >= 0.6 is 0 Å². The van der Waals surface area contributed by atoms with E-state index in [4.69, 9.17) is 9.47 Å². The zero-order chi connectivity index (χ0) is 39.1. The van der Waals surface area contributed by atoms with Crippen LogP contribution in [0.1, 0.15) is 131 Å². The number of rotatable bonds is 8. The summed E-state index contributed by atoms with van der Waals surface area (Å²) in [6.45, 7) is 24.3. The Bertz CT molecular complexity index is 1450. The molecule has 0 aromatic rings. The molecule has 54 heavy (non-hydrogen) atoms. The number of likely N-dealkylation sites (tertiary alicyclic amines) is 2. The molecule has 8 nitrogen and oxygen atoms in total. The summed E-state index contributed by atoms with van der Waals surface area (Å²) in [5.74, 6) is 2.58. The van der Waals surface area contributed by atoms with Gasteiger partial charge in [0.15, 0.2) is 13.1 Å². The number of likely N-dealkylation sites (N-methyl/N-ethyl adjacent to an activating group) is 2. The standard InChI is InChI=1S/C46H78N2O6/c1-31(2)34-12-21-46(30-53-39(51)28-47(8)24-15-32(49)16-25-47)23-22-44(6)35(41(34)46)10-11-37-43(5)19-14-38(42(3,4)36(43)13-20-45(37,44)7)54-40(52)29-48(9)26-17-33(50)18-27-48/h32-38,41,49-50H,1,10-30H2,2-9H3/q+2/t32?,33?,34?,35?,36?,37?,38-,41?,43-,44+,45+,46+,47?,48?/m0/s1. The van der Waals surface area contributed by atoms with E-state index in [1.165, 1.54) is 37.7 Å². The predicted octanol–water partition coefficient (Wildman–Crippen LogP) is 7.30. The number of carbonyl (C=O) groups excluding carboxylic acids is 2. The van der Waals surface area contributed by atoms with Gasteiger partial charge in [-0.1, -0.05) is 46.8 Å². The lowest BCUT2D eigenvalue weighted by atomic mass is 9.32. The number of aliphatic hydroxyl groups is 2. The van der Waals surface area contributed by atoms with E-state index in [1.54, 1.807) is 0 Å². The van der Waals surface area contributed by atoms with Crippen molar-refractivity contribution in [2.24, 2.45) is 56.7 Å². The molecular weight excluding hydrogens is 677 g/mol. The van der Waals surface area contributed by atoms with E-state index in [-0.39, 0.29) is 57.3 Å². The van der Waals surface area contributed by atoms with Gasteiger partial charge in [-0.2, -0.15) is 0 Å². The van der Waals surface area contributed by atoms with Crippen LogP contribution in [0.4, 0.5) is 0 Å². The summed E-state index contributed by atoms with van der Waals surface area (Å²) in [7, 11) is 4.29. The minimum absolute atomic E-state index is 0.0293. The SMILES string of the molecule is C=C(C)C1CC[C@]2(COC(=O)C[N+]3(C)CCC(O)CC3)CC[C@]3(C)C(CCC4[C@@]5(C)CC[C@H](OC(=O)C[N+]6(C)CCC(O)CC6)C(C)(C)C5CC[C@]43C)C12. The molecule has 10 atom stereocenters. The van der Waals surface area contributed by atoms with Crippen LogP contribution < -0.4 is 0 Å². The van der Waals surface area contributed by atoms with Crippen molar-refractivity contribution in [3.63, 3.8) is 0 Å². The monoisotopic (exact) mass is 755 g/mol.